The van der Waals surface area contributed by atoms with Gasteiger partial charge in [-0.15, -0.1) is 22.9 Å². The molecule has 19 heavy (non-hydrogen) atoms. The SMILES string of the molecule is CCCCc1nc(CN)c2cc(C(Cl)CC)sc2n1. The van der Waals surface area contributed by atoms with E-state index in [-0.39, 0.29) is 5.38 Å². The van der Waals surface area contributed by atoms with Crippen molar-refractivity contribution in [3.8, 4) is 0 Å². The van der Waals surface area contributed by atoms with Crippen LogP contribution in [0.2, 0.25) is 0 Å². The van der Waals surface area contributed by atoms with Crippen LogP contribution < -0.4 is 5.73 Å². The second kappa shape index (κ2) is 6.64. The fourth-order valence-electron chi connectivity index (χ4n) is 2.01. The summed E-state index contributed by atoms with van der Waals surface area (Å²) >= 11 is 7.98. The van der Waals surface area contributed by atoms with Crippen molar-refractivity contribution in [2.45, 2.75) is 51.5 Å². The lowest BCUT2D eigenvalue weighted by atomic mass is 10.2. The molecule has 2 aromatic rings. The molecule has 0 spiro atoms. The average molecular weight is 298 g/mol. The number of alkyl halides is 1. The van der Waals surface area contributed by atoms with Crippen LogP contribution in [0.25, 0.3) is 10.2 Å². The van der Waals surface area contributed by atoms with Gasteiger partial charge in [-0.25, -0.2) is 9.97 Å². The predicted molar refractivity (Wildman–Crippen MR) is 82.8 cm³/mol. The first-order valence-corrected chi connectivity index (χ1v) is 8.08. The van der Waals surface area contributed by atoms with Crippen molar-refractivity contribution < 1.29 is 0 Å². The number of nitrogens with two attached hydrogens (primary N) is 1. The third-order valence-corrected chi connectivity index (χ3v) is 4.97. The molecule has 0 aliphatic carbocycles. The lowest BCUT2D eigenvalue weighted by Gasteiger charge is -2.03. The van der Waals surface area contributed by atoms with E-state index in [0.717, 1.165) is 52.3 Å². The first-order chi connectivity index (χ1) is 9.19. The summed E-state index contributed by atoms with van der Waals surface area (Å²) in [5, 5.41) is 1.13. The number of hydrogen-bond acceptors (Lipinski definition) is 4. The zero-order chi connectivity index (χ0) is 13.8. The molecule has 1 atom stereocenters. The highest BCUT2D eigenvalue weighted by Crippen LogP contribution is 2.34. The van der Waals surface area contributed by atoms with Crippen LogP contribution in [0.4, 0.5) is 0 Å². The van der Waals surface area contributed by atoms with Gasteiger partial charge in [0.25, 0.3) is 0 Å². The molecule has 2 heterocycles. The molecule has 0 bridgehead atoms. The summed E-state index contributed by atoms with van der Waals surface area (Å²) in [6.07, 6.45) is 4.10. The molecule has 0 aliphatic rings. The highest BCUT2D eigenvalue weighted by Gasteiger charge is 2.14. The van der Waals surface area contributed by atoms with E-state index in [0.29, 0.717) is 6.54 Å². The number of nitrogens with zero attached hydrogens (tertiary/aromatic N) is 2. The van der Waals surface area contributed by atoms with E-state index in [9.17, 15) is 0 Å². The molecule has 0 saturated heterocycles. The fraction of sp³-hybridized carbons (Fsp3) is 0.571. The zero-order valence-corrected chi connectivity index (χ0v) is 13.0. The van der Waals surface area contributed by atoms with Crippen molar-refractivity contribution in [1.29, 1.82) is 0 Å². The molecule has 0 aromatic carbocycles. The van der Waals surface area contributed by atoms with Gasteiger partial charge in [0, 0.05) is 23.2 Å². The van der Waals surface area contributed by atoms with Crippen molar-refractivity contribution in [3.63, 3.8) is 0 Å². The zero-order valence-electron chi connectivity index (χ0n) is 11.4. The topological polar surface area (TPSA) is 51.8 Å². The molecule has 2 aromatic heterocycles. The summed E-state index contributed by atoms with van der Waals surface area (Å²) in [4.78, 5) is 11.4. The first kappa shape index (κ1) is 14.7. The molecule has 0 aliphatic heterocycles. The summed E-state index contributed by atoms with van der Waals surface area (Å²) < 4.78 is 0. The van der Waals surface area contributed by atoms with Gasteiger partial charge in [-0.2, -0.15) is 0 Å². The van der Waals surface area contributed by atoms with Crippen molar-refractivity contribution in [2.24, 2.45) is 5.73 Å². The Morgan fingerprint density at radius 1 is 1.37 bits per heavy atom. The minimum Gasteiger partial charge on any atom is -0.325 e. The molecule has 5 heteroatoms. The third kappa shape index (κ3) is 3.25. The number of aryl methyl sites for hydroxylation is 1. The van der Waals surface area contributed by atoms with E-state index in [4.69, 9.17) is 17.3 Å². The lowest BCUT2D eigenvalue weighted by Crippen LogP contribution is -2.04. The van der Waals surface area contributed by atoms with Crippen molar-refractivity contribution >= 4 is 33.2 Å². The van der Waals surface area contributed by atoms with Crippen molar-refractivity contribution in [3.05, 3.63) is 22.5 Å². The molecular formula is C14H20ClN3S. The van der Waals surface area contributed by atoms with Gasteiger partial charge in [0.15, 0.2) is 0 Å². The minimum absolute atomic E-state index is 0.0592. The number of rotatable bonds is 6. The Kier molecular flexibility index (Phi) is 5.13. The van der Waals surface area contributed by atoms with E-state index in [1.165, 1.54) is 0 Å². The number of thiophene rings is 1. The number of hydrogen-bond donors (Lipinski definition) is 1. The second-order valence-corrected chi connectivity index (χ2v) is 6.23. The second-order valence-electron chi connectivity index (χ2n) is 4.64. The maximum absolute atomic E-state index is 6.31. The van der Waals surface area contributed by atoms with E-state index >= 15 is 0 Å². The number of fused-ring (bicyclic) bond motifs is 1. The molecule has 0 saturated carbocycles. The lowest BCUT2D eigenvalue weighted by molar-refractivity contribution is 0.750. The van der Waals surface area contributed by atoms with Gasteiger partial charge in [-0.05, 0) is 18.9 Å². The number of halogens is 1. The quantitative estimate of drug-likeness (QED) is 0.814. The number of aromatic nitrogens is 2. The van der Waals surface area contributed by atoms with E-state index in [1.54, 1.807) is 11.3 Å². The van der Waals surface area contributed by atoms with Crippen LogP contribution in [0.1, 0.15) is 54.9 Å². The van der Waals surface area contributed by atoms with Gasteiger partial charge in [-0.1, -0.05) is 20.3 Å². The molecule has 2 N–H and O–H groups in total. The molecular weight excluding hydrogens is 278 g/mol. The highest BCUT2D eigenvalue weighted by molar-refractivity contribution is 7.18. The summed E-state index contributed by atoms with van der Waals surface area (Å²) in [6.45, 7) is 4.71. The Bertz CT molecular complexity index is 553. The van der Waals surface area contributed by atoms with Crippen LogP contribution in [0.3, 0.4) is 0 Å². The molecule has 1 unspecified atom stereocenters. The summed E-state index contributed by atoms with van der Waals surface area (Å²) in [7, 11) is 0. The maximum atomic E-state index is 6.31. The Morgan fingerprint density at radius 3 is 2.79 bits per heavy atom. The van der Waals surface area contributed by atoms with Crippen molar-refractivity contribution in [2.75, 3.05) is 0 Å². The summed E-state index contributed by atoms with van der Waals surface area (Å²) in [5.41, 5.74) is 6.76. The van der Waals surface area contributed by atoms with Gasteiger partial charge in [0.05, 0.1) is 11.1 Å². The van der Waals surface area contributed by atoms with Crippen LogP contribution in [-0.2, 0) is 13.0 Å². The van der Waals surface area contributed by atoms with Crippen LogP contribution in [0, 0.1) is 0 Å². The first-order valence-electron chi connectivity index (χ1n) is 6.82. The number of unbranched alkanes of at least 4 members (excludes halogenated alkanes) is 1. The standard InChI is InChI=1S/C14H20ClN3S/c1-3-5-6-13-17-11(8-16)9-7-12(10(15)4-2)19-14(9)18-13/h7,10H,3-6,8,16H2,1-2H3. The highest BCUT2D eigenvalue weighted by atomic mass is 35.5. The van der Waals surface area contributed by atoms with Crippen LogP contribution in [0.15, 0.2) is 6.07 Å². The van der Waals surface area contributed by atoms with Crippen LogP contribution in [0.5, 0.6) is 0 Å². The fourth-order valence-corrected chi connectivity index (χ4v) is 3.33. The Morgan fingerprint density at radius 2 is 2.16 bits per heavy atom. The average Bonchev–Trinajstić information content (AvgIpc) is 2.87. The van der Waals surface area contributed by atoms with Crippen LogP contribution >= 0.6 is 22.9 Å². The maximum Gasteiger partial charge on any atom is 0.130 e. The van der Waals surface area contributed by atoms with Gasteiger partial charge < -0.3 is 5.73 Å². The van der Waals surface area contributed by atoms with Crippen molar-refractivity contribution in [1.82, 2.24) is 9.97 Å². The van der Waals surface area contributed by atoms with Gasteiger partial charge >= 0.3 is 0 Å². The van der Waals surface area contributed by atoms with Gasteiger partial charge in [0.1, 0.15) is 10.7 Å². The smallest absolute Gasteiger partial charge is 0.130 e. The molecule has 2 rings (SSSR count). The predicted octanol–water partition coefficient (Wildman–Crippen LogP) is 4.18. The van der Waals surface area contributed by atoms with E-state index in [2.05, 4.69) is 29.9 Å². The third-order valence-electron chi connectivity index (χ3n) is 3.15. The molecule has 0 fully saturated rings. The molecule has 0 radical (unpaired) electrons. The Labute approximate surface area is 123 Å². The van der Waals surface area contributed by atoms with E-state index in [1.807, 2.05) is 0 Å². The van der Waals surface area contributed by atoms with Crippen LogP contribution in [-0.4, -0.2) is 9.97 Å². The monoisotopic (exact) mass is 297 g/mol. The van der Waals surface area contributed by atoms with Gasteiger partial charge in [-0.3, -0.25) is 0 Å². The Hall–Kier alpha value is -0.710. The molecule has 0 amide bonds. The summed E-state index contributed by atoms with van der Waals surface area (Å²) in [6, 6.07) is 2.10. The van der Waals surface area contributed by atoms with E-state index < -0.39 is 0 Å². The Balaban J connectivity index is 2.43. The summed E-state index contributed by atoms with van der Waals surface area (Å²) in [5.74, 6) is 0.908. The van der Waals surface area contributed by atoms with Gasteiger partial charge in [0.2, 0.25) is 0 Å². The normalized spacial score (nSPS) is 13.1. The minimum atomic E-state index is 0.0592. The molecule has 3 nitrogen and oxygen atoms in total. The largest absolute Gasteiger partial charge is 0.325 e. The molecule has 104 valence electrons.